The molecule has 0 atom stereocenters. The Morgan fingerprint density at radius 3 is 2.85 bits per heavy atom. The number of piperidine rings is 1. The summed E-state index contributed by atoms with van der Waals surface area (Å²) in [4.78, 5) is 4.71. The van der Waals surface area contributed by atoms with E-state index in [9.17, 15) is 0 Å². The van der Waals surface area contributed by atoms with Gasteiger partial charge in [-0.2, -0.15) is 5.10 Å². The van der Waals surface area contributed by atoms with Gasteiger partial charge < -0.3 is 10.1 Å². The normalized spacial score (nSPS) is 15.0. The summed E-state index contributed by atoms with van der Waals surface area (Å²) < 4.78 is 7.72. The standard InChI is InChI=1S/C19H21ClN4O.ClH/c1-24-17-11-13(5-6-15(17)19(20)23-24)12-25-18-4-2-3-16(22-18)14-7-9-21-10-8-14;/h2-6,11,14,21H,7-10,12H2,1H3;1H. The van der Waals surface area contributed by atoms with E-state index < -0.39 is 0 Å². The van der Waals surface area contributed by atoms with Crippen molar-refractivity contribution in [2.24, 2.45) is 7.05 Å². The van der Waals surface area contributed by atoms with Gasteiger partial charge in [-0.15, -0.1) is 12.4 Å². The van der Waals surface area contributed by atoms with Crippen LogP contribution in [0.25, 0.3) is 10.9 Å². The molecule has 3 heterocycles. The van der Waals surface area contributed by atoms with Crippen molar-refractivity contribution in [3.8, 4) is 5.88 Å². The van der Waals surface area contributed by atoms with E-state index in [4.69, 9.17) is 21.3 Å². The zero-order valence-corrected chi connectivity index (χ0v) is 16.2. The number of hydrogen-bond donors (Lipinski definition) is 1. The Morgan fingerprint density at radius 1 is 1.23 bits per heavy atom. The van der Waals surface area contributed by atoms with Crippen molar-refractivity contribution in [2.75, 3.05) is 13.1 Å². The number of ether oxygens (including phenoxy) is 1. The van der Waals surface area contributed by atoms with Gasteiger partial charge in [0.1, 0.15) is 6.61 Å². The average Bonchev–Trinajstić information content (AvgIpc) is 2.94. The average molecular weight is 393 g/mol. The highest BCUT2D eigenvalue weighted by atomic mass is 35.5. The van der Waals surface area contributed by atoms with Crippen molar-refractivity contribution in [1.29, 1.82) is 0 Å². The van der Waals surface area contributed by atoms with Gasteiger partial charge in [-0.25, -0.2) is 4.98 Å². The molecule has 138 valence electrons. The van der Waals surface area contributed by atoms with Gasteiger partial charge in [-0.05, 0) is 49.7 Å². The summed E-state index contributed by atoms with van der Waals surface area (Å²) in [5.74, 6) is 1.21. The lowest BCUT2D eigenvalue weighted by molar-refractivity contribution is 0.291. The number of nitrogens with one attached hydrogen (secondary N) is 1. The van der Waals surface area contributed by atoms with Crippen LogP contribution in [-0.2, 0) is 13.7 Å². The second-order valence-electron chi connectivity index (χ2n) is 6.48. The molecule has 4 rings (SSSR count). The van der Waals surface area contributed by atoms with Gasteiger partial charge in [0.2, 0.25) is 5.88 Å². The highest BCUT2D eigenvalue weighted by molar-refractivity contribution is 6.34. The van der Waals surface area contributed by atoms with Crippen LogP contribution in [0.3, 0.4) is 0 Å². The summed E-state index contributed by atoms with van der Waals surface area (Å²) in [5, 5.41) is 9.11. The number of pyridine rings is 1. The molecule has 0 saturated carbocycles. The number of hydrogen-bond acceptors (Lipinski definition) is 4. The zero-order chi connectivity index (χ0) is 17.2. The molecule has 1 fully saturated rings. The van der Waals surface area contributed by atoms with E-state index >= 15 is 0 Å². The monoisotopic (exact) mass is 392 g/mol. The Kier molecular flexibility index (Phi) is 6.01. The fraction of sp³-hybridized carbons (Fsp3) is 0.368. The van der Waals surface area contributed by atoms with Crippen LogP contribution in [0.2, 0.25) is 5.15 Å². The van der Waals surface area contributed by atoms with E-state index in [1.165, 1.54) is 0 Å². The molecule has 1 aliphatic heterocycles. The predicted molar refractivity (Wildman–Crippen MR) is 106 cm³/mol. The van der Waals surface area contributed by atoms with Gasteiger partial charge in [0.05, 0.1) is 5.52 Å². The van der Waals surface area contributed by atoms with Crippen molar-refractivity contribution in [3.63, 3.8) is 0 Å². The number of fused-ring (bicyclic) bond motifs is 1. The SMILES string of the molecule is Cl.Cn1nc(Cl)c2ccc(COc3cccc(C4CCNCC4)n3)cc21. The van der Waals surface area contributed by atoms with Crippen LogP contribution >= 0.6 is 24.0 Å². The van der Waals surface area contributed by atoms with E-state index in [0.29, 0.717) is 23.6 Å². The van der Waals surface area contributed by atoms with E-state index in [1.54, 1.807) is 4.68 Å². The van der Waals surface area contributed by atoms with Gasteiger partial charge in [-0.1, -0.05) is 23.7 Å². The van der Waals surface area contributed by atoms with Crippen LogP contribution in [0.4, 0.5) is 0 Å². The molecule has 0 spiro atoms. The molecule has 1 saturated heterocycles. The third-order valence-corrected chi connectivity index (χ3v) is 5.04. The molecule has 0 aliphatic carbocycles. The fourth-order valence-corrected chi connectivity index (χ4v) is 3.64. The number of halogens is 2. The summed E-state index contributed by atoms with van der Waals surface area (Å²) in [7, 11) is 1.89. The van der Waals surface area contributed by atoms with Crippen LogP contribution in [0.1, 0.15) is 30.0 Å². The molecular formula is C19H22Cl2N4O. The highest BCUT2D eigenvalue weighted by Gasteiger charge is 2.16. The Labute approximate surface area is 164 Å². The molecule has 0 amide bonds. The minimum absolute atomic E-state index is 0. The first-order chi connectivity index (χ1) is 12.2. The first kappa shape index (κ1) is 19.0. The molecule has 26 heavy (non-hydrogen) atoms. The molecule has 0 bridgehead atoms. The first-order valence-corrected chi connectivity index (χ1v) is 9.00. The third kappa shape index (κ3) is 3.95. The molecule has 0 radical (unpaired) electrons. The molecule has 1 aliphatic rings. The van der Waals surface area contributed by atoms with Crippen molar-refractivity contribution >= 4 is 34.9 Å². The molecular weight excluding hydrogens is 371 g/mol. The maximum atomic E-state index is 6.12. The summed E-state index contributed by atoms with van der Waals surface area (Å²) in [5.41, 5.74) is 3.21. The van der Waals surface area contributed by atoms with Crippen LogP contribution in [0.5, 0.6) is 5.88 Å². The lowest BCUT2D eigenvalue weighted by Gasteiger charge is -2.22. The summed E-state index contributed by atoms with van der Waals surface area (Å²) >= 11 is 6.12. The number of benzene rings is 1. The van der Waals surface area contributed by atoms with E-state index in [0.717, 1.165) is 48.1 Å². The Morgan fingerprint density at radius 2 is 2.04 bits per heavy atom. The topological polar surface area (TPSA) is 52.0 Å². The molecule has 1 aromatic carbocycles. The lowest BCUT2D eigenvalue weighted by Crippen LogP contribution is -2.27. The smallest absolute Gasteiger partial charge is 0.213 e. The van der Waals surface area contributed by atoms with Crippen molar-refractivity contribution in [1.82, 2.24) is 20.1 Å². The minimum Gasteiger partial charge on any atom is -0.473 e. The van der Waals surface area contributed by atoms with Crippen LogP contribution in [0.15, 0.2) is 36.4 Å². The van der Waals surface area contributed by atoms with Crippen LogP contribution < -0.4 is 10.1 Å². The lowest BCUT2D eigenvalue weighted by atomic mass is 9.94. The first-order valence-electron chi connectivity index (χ1n) is 8.62. The molecule has 0 unspecified atom stereocenters. The van der Waals surface area contributed by atoms with Crippen LogP contribution in [0, 0.1) is 0 Å². The molecule has 3 aromatic rings. The predicted octanol–water partition coefficient (Wildman–Crippen LogP) is 4.09. The highest BCUT2D eigenvalue weighted by Crippen LogP contribution is 2.26. The summed E-state index contributed by atoms with van der Waals surface area (Å²) in [6.45, 7) is 2.59. The number of aryl methyl sites for hydroxylation is 1. The van der Waals surface area contributed by atoms with E-state index in [1.807, 2.05) is 31.3 Å². The zero-order valence-electron chi connectivity index (χ0n) is 14.6. The van der Waals surface area contributed by atoms with Gasteiger partial charge in [-0.3, -0.25) is 4.68 Å². The van der Waals surface area contributed by atoms with Gasteiger partial charge >= 0.3 is 0 Å². The molecule has 7 heteroatoms. The van der Waals surface area contributed by atoms with Crippen molar-refractivity contribution < 1.29 is 4.74 Å². The number of nitrogens with zero attached hydrogens (tertiary/aromatic N) is 3. The van der Waals surface area contributed by atoms with Gasteiger partial charge in [0, 0.05) is 30.1 Å². The molecule has 2 aromatic heterocycles. The van der Waals surface area contributed by atoms with E-state index in [2.05, 4.69) is 22.5 Å². The van der Waals surface area contributed by atoms with Gasteiger partial charge in [0.15, 0.2) is 5.15 Å². The summed E-state index contributed by atoms with van der Waals surface area (Å²) in [6.07, 6.45) is 2.27. The Hall–Kier alpha value is -1.82. The third-order valence-electron chi connectivity index (χ3n) is 4.76. The second kappa shape index (κ2) is 8.25. The minimum atomic E-state index is 0. The molecule has 1 N–H and O–H groups in total. The number of rotatable bonds is 4. The maximum absolute atomic E-state index is 6.12. The van der Waals surface area contributed by atoms with Gasteiger partial charge in [0.25, 0.3) is 0 Å². The largest absolute Gasteiger partial charge is 0.473 e. The van der Waals surface area contributed by atoms with E-state index in [-0.39, 0.29) is 12.4 Å². The Balaban J connectivity index is 0.00000196. The van der Waals surface area contributed by atoms with Crippen LogP contribution in [-0.4, -0.2) is 27.9 Å². The van der Waals surface area contributed by atoms with Crippen molar-refractivity contribution in [2.45, 2.75) is 25.4 Å². The Bertz CT molecular complexity index is 890. The maximum Gasteiger partial charge on any atom is 0.213 e. The fourth-order valence-electron chi connectivity index (χ4n) is 3.36. The summed E-state index contributed by atoms with van der Waals surface area (Å²) in [6, 6.07) is 12.1. The second-order valence-corrected chi connectivity index (χ2v) is 6.84. The quantitative estimate of drug-likeness (QED) is 0.726. The molecule has 5 nitrogen and oxygen atoms in total. The van der Waals surface area contributed by atoms with Crippen molar-refractivity contribution in [3.05, 3.63) is 52.8 Å². The number of aromatic nitrogens is 3.